The zero-order valence-electron chi connectivity index (χ0n) is 10.0. The van der Waals surface area contributed by atoms with Crippen LogP contribution in [0.4, 0.5) is 0 Å². The van der Waals surface area contributed by atoms with E-state index in [9.17, 15) is 0 Å². The molecule has 2 heterocycles. The van der Waals surface area contributed by atoms with E-state index in [-0.39, 0.29) is 0 Å². The zero-order valence-corrected chi connectivity index (χ0v) is 11.6. The van der Waals surface area contributed by atoms with Crippen molar-refractivity contribution >= 4 is 15.9 Å². The summed E-state index contributed by atoms with van der Waals surface area (Å²) in [5.74, 6) is 0. The SMILES string of the molecule is BrCCCCN1CCC(N2CCOCC2)C1. The van der Waals surface area contributed by atoms with Crippen LogP contribution < -0.4 is 0 Å². The van der Waals surface area contributed by atoms with Crippen LogP contribution in [0.25, 0.3) is 0 Å². The Morgan fingerprint density at radius 1 is 1.12 bits per heavy atom. The van der Waals surface area contributed by atoms with Gasteiger partial charge in [-0.15, -0.1) is 0 Å². The third-order valence-corrected chi connectivity index (χ3v) is 4.23. The number of ether oxygens (including phenoxy) is 1. The normalized spacial score (nSPS) is 28.7. The van der Waals surface area contributed by atoms with Crippen molar-refractivity contribution in [1.82, 2.24) is 9.80 Å². The van der Waals surface area contributed by atoms with E-state index in [2.05, 4.69) is 25.7 Å². The fourth-order valence-electron chi connectivity index (χ4n) is 2.69. The predicted octanol–water partition coefficient (Wildman–Crippen LogP) is 1.57. The Labute approximate surface area is 107 Å². The topological polar surface area (TPSA) is 15.7 Å². The molecule has 0 N–H and O–H groups in total. The molecule has 0 saturated carbocycles. The Bertz CT molecular complexity index is 197. The van der Waals surface area contributed by atoms with Crippen molar-refractivity contribution in [2.75, 3.05) is 51.3 Å². The quantitative estimate of drug-likeness (QED) is 0.565. The van der Waals surface area contributed by atoms with Gasteiger partial charge in [-0.25, -0.2) is 0 Å². The zero-order chi connectivity index (χ0) is 11.2. The molecule has 16 heavy (non-hydrogen) atoms. The third kappa shape index (κ3) is 3.69. The van der Waals surface area contributed by atoms with Gasteiger partial charge >= 0.3 is 0 Å². The second-order valence-corrected chi connectivity index (χ2v) is 5.58. The summed E-state index contributed by atoms with van der Waals surface area (Å²) in [6.07, 6.45) is 3.99. The highest BCUT2D eigenvalue weighted by atomic mass is 79.9. The number of hydrogen-bond acceptors (Lipinski definition) is 3. The van der Waals surface area contributed by atoms with Crippen molar-refractivity contribution in [2.24, 2.45) is 0 Å². The lowest BCUT2D eigenvalue weighted by molar-refractivity contribution is 0.0185. The first-order chi connectivity index (χ1) is 7.90. The summed E-state index contributed by atoms with van der Waals surface area (Å²) in [5.41, 5.74) is 0. The van der Waals surface area contributed by atoms with Gasteiger partial charge in [0.05, 0.1) is 13.2 Å². The molecule has 0 radical (unpaired) electrons. The van der Waals surface area contributed by atoms with Crippen LogP contribution in [0.15, 0.2) is 0 Å². The van der Waals surface area contributed by atoms with E-state index >= 15 is 0 Å². The lowest BCUT2D eigenvalue weighted by atomic mass is 10.2. The predicted molar refractivity (Wildman–Crippen MR) is 70.3 cm³/mol. The van der Waals surface area contributed by atoms with E-state index in [1.54, 1.807) is 0 Å². The van der Waals surface area contributed by atoms with Crippen molar-refractivity contribution in [3.63, 3.8) is 0 Å². The number of halogens is 1. The maximum Gasteiger partial charge on any atom is 0.0594 e. The van der Waals surface area contributed by atoms with Gasteiger partial charge in [-0.3, -0.25) is 4.90 Å². The summed E-state index contributed by atoms with van der Waals surface area (Å²) >= 11 is 3.49. The smallest absolute Gasteiger partial charge is 0.0594 e. The number of alkyl halides is 1. The third-order valence-electron chi connectivity index (χ3n) is 3.67. The van der Waals surface area contributed by atoms with Gasteiger partial charge in [0.15, 0.2) is 0 Å². The van der Waals surface area contributed by atoms with E-state index in [0.29, 0.717) is 0 Å². The van der Waals surface area contributed by atoms with Crippen LogP contribution in [0.1, 0.15) is 19.3 Å². The number of nitrogens with zero attached hydrogens (tertiary/aromatic N) is 2. The van der Waals surface area contributed by atoms with Crippen LogP contribution in [0.3, 0.4) is 0 Å². The molecule has 2 saturated heterocycles. The fraction of sp³-hybridized carbons (Fsp3) is 1.00. The Hall–Kier alpha value is 0.360. The van der Waals surface area contributed by atoms with Crippen LogP contribution in [0.2, 0.25) is 0 Å². The van der Waals surface area contributed by atoms with Gasteiger partial charge in [0.25, 0.3) is 0 Å². The Kier molecular flexibility index (Phi) is 5.56. The van der Waals surface area contributed by atoms with Gasteiger partial charge in [-0.05, 0) is 32.4 Å². The summed E-state index contributed by atoms with van der Waals surface area (Å²) in [7, 11) is 0. The highest BCUT2D eigenvalue weighted by Gasteiger charge is 2.27. The minimum atomic E-state index is 0.799. The maximum absolute atomic E-state index is 5.41. The molecule has 2 aliphatic heterocycles. The van der Waals surface area contributed by atoms with Gasteiger partial charge in [0.2, 0.25) is 0 Å². The number of unbranched alkanes of at least 4 members (excludes halogenated alkanes) is 1. The molecule has 0 aromatic carbocycles. The average Bonchev–Trinajstić information content (AvgIpc) is 2.79. The minimum absolute atomic E-state index is 0.799. The van der Waals surface area contributed by atoms with Crippen molar-refractivity contribution in [3.8, 4) is 0 Å². The standard InChI is InChI=1S/C12H23BrN2O/c13-4-1-2-5-14-6-3-12(11-14)15-7-9-16-10-8-15/h12H,1-11H2. The maximum atomic E-state index is 5.41. The highest BCUT2D eigenvalue weighted by molar-refractivity contribution is 9.09. The lowest BCUT2D eigenvalue weighted by Gasteiger charge is -2.32. The largest absolute Gasteiger partial charge is 0.379 e. The number of likely N-dealkylation sites (tertiary alicyclic amines) is 1. The molecule has 0 bridgehead atoms. The van der Waals surface area contributed by atoms with Crippen molar-refractivity contribution < 1.29 is 4.74 Å². The van der Waals surface area contributed by atoms with Gasteiger partial charge in [0, 0.05) is 31.0 Å². The molecule has 0 aromatic rings. The fourth-order valence-corrected chi connectivity index (χ4v) is 3.08. The molecule has 0 amide bonds. The lowest BCUT2D eigenvalue weighted by Crippen LogP contribution is -2.44. The van der Waals surface area contributed by atoms with Gasteiger partial charge < -0.3 is 9.64 Å². The molecule has 1 unspecified atom stereocenters. The first-order valence-electron chi connectivity index (χ1n) is 6.50. The summed E-state index contributed by atoms with van der Waals surface area (Å²) in [6, 6.07) is 0.799. The molecule has 2 aliphatic rings. The summed E-state index contributed by atoms with van der Waals surface area (Å²) < 4.78 is 5.41. The molecule has 4 heteroatoms. The van der Waals surface area contributed by atoms with Crippen LogP contribution in [-0.2, 0) is 4.74 Å². The average molecular weight is 291 g/mol. The molecule has 94 valence electrons. The van der Waals surface area contributed by atoms with Gasteiger partial charge in [-0.1, -0.05) is 15.9 Å². The van der Waals surface area contributed by atoms with E-state index in [4.69, 9.17) is 4.74 Å². The second-order valence-electron chi connectivity index (χ2n) is 4.79. The first kappa shape index (κ1) is 12.8. The molecule has 1 atom stereocenters. The van der Waals surface area contributed by atoms with E-state index in [1.807, 2.05) is 0 Å². The second kappa shape index (κ2) is 6.94. The summed E-state index contributed by atoms with van der Waals surface area (Å²) in [4.78, 5) is 5.25. The monoisotopic (exact) mass is 290 g/mol. The van der Waals surface area contributed by atoms with Crippen LogP contribution in [-0.4, -0.2) is 67.1 Å². The molecule has 0 spiro atoms. The minimum Gasteiger partial charge on any atom is -0.379 e. The Morgan fingerprint density at radius 3 is 2.69 bits per heavy atom. The number of hydrogen-bond donors (Lipinski definition) is 0. The van der Waals surface area contributed by atoms with Crippen molar-refractivity contribution in [3.05, 3.63) is 0 Å². The number of rotatable bonds is 5. The van der Waals surface area contributed by atoms with Crippen LogP contribution in [0.5, 0.6) is 0 Å². The van der Waals surface area contributed by atoms with Gasteiger partial charge in [-0.2, -0.15) is 0 Å². The van der Waals surface area contributed by atoms with E-state index < -0.39 is 0 Å². The molecular weight excluding hydrogens is 268 g/mol. The molecule has 0 aliphatic carbocycles. The van der Waals surface area contributed by atoms with E-state index in [1.165, 1.54) is 38.9 Å². The van der Waals surface area contributed by atoms with Crippen molar-refractivity contribution in [2.45, 2.75) is 25.3 Å². The van der Waals surface area contributed by atoms with E-state index in [0.717, 1.165) is 37.7 Å². The Morgan fingerprint density at radius 2 is 1.94 bits per heavy atom. The molecule has 3 nitrogen and oxygen atoms in total. The van der Waals surface area contributed by atoms with Gasteiger partial charge in [0.1, 0.15) is 0 Å². The highest BCUT2D eigenvalue weighted by Crippen LogP contribution is 2.17. The van der Waals surface area contributed by atoms with Crippen LogP contribution in [0, 0.1) is 0 Å². The Balaban J connectivity index is 1.66. The molecular formula is C12H23BrN2O. The molecule has 0 aromatic heterocycles. The van der Waals surface area contributed by atoms with Crippen molar-refractivity contribution in [1.29, 1.82) is 0 Å². The first-order valence-corrected chi connectivity index (χ1v) is 7.62. The summed E-state index contributed by atoms with van der Waals surface area (Å²) in [6.45, 7) is 8.00. The van der Waals surface area contributed by atoms with Crippen LogP contribution >= 0.6 is 15.9 Å². The molecule has 2 rings (SSSR count). The summed E-state index contributed by atoms with van der Waals surface area (Å²) in [5, 5.41) is 1.15. The number of morpholine rings is 1. The molecule has 2 fully saturated rings.